The molecule has 17 heavy (non-hydrogen) atoms. The molecule has 1 saturated heterocycles. The van der Waals surface area contributed by atoms with Crippen LogP contribution in [0.15, 0.2) is 0 Å². The zero-order valence-corrected chi connectivity index (χ0v) is 11.0. The molecule has 0 N–H and O–H groups in total. The summed E-state index contributed by atoms with van der Waals surface area (Å²) < 4.78 is 4.81. The number of carbonyl (C=O) groups is 1. The molecule has 0 aromatic rings. The number of methoxy groups -OCH3 is 1. The second kappa shape index (κ2) is 6.39. The Morgan fingerprint density at radius 2 is 1.88 bits per heavy atom. The number of rotatable bonds is 4. The van der Waals surface area contributed by atoms with Crippen molar-refractivity contribution >= 4 is 5.97 Å². The minimum Gasteiger partial charge on any atom is -0.469 e. The van der Waals surface area contributed by atoms with Gasteiger partial charge in [0.15, 0.2) is 0 Å². The average Bonchev–Trinajstić information content (AvgIpc) is 2.84. The molecule has 1 atom stereocenters. The van der Waals surface area contributed by atoms with Crippen LogP contribution in [0.2, 0.25) is 0 Å². The van der Waals surface area contributed by atoms with Crippen molar-refractivity contribution in [1.82, 2.24) is 4.90 Å². The predicted molar refractivity (Wildman–Crippen MR) is 67.8 cm³/mol. The quantitative estimate of drug-likeness (QED) is 0.706. The molecule has 0 amide bonds. The van der Waals surface area contributed by atoms with Crippen molar-refractivity contribution in [3.8, 4) is 0 Å². The Hall–Kier alpha value is -0.570. The summed E-state index contributed by atoms with van der Waals surface area (Å²) in [7, 11) is 1.49. The highest BCUT2D eigenvalue weighted by molar-refractivity contribution is 5.69. The van der Waals surface area contributed by atoms with Crippen molar-refractivity contribution in [3.05, 3.63) is 0 Å². The molecule has 0 radical (unpaired) electrons. The molecule has 0 bridgehead atoms. The lowest BCUT2D eigenvalue weighted by molar-refractivity contribution is -0.142. The molecule has 1 aliphatic carbocycles. The van der Waals surface area contributed by atoms with Crippen LogP contribution < -0.4 is 0 Å². The standard InChI is InChI=1S/C14H25NO2/c1-17-14(16)10-13-8-4-5-9-15(13)11-12-6-2-3-7-12/h12-13H,2-11H2,1H3. The molecular formula is C14H25NO2. The van der Waals surface area contributed by atoms with Crippen LogP contribution in [-0.4, -0.2) is 37.1 Å². The summed E-state index contributed by atoms with van der Waals surface area (Å²) in [4.78, 5) is 14.0. The van der Waals surface area contributed by atoms with E-state index in [9.17, 15) is 4.79 Å². The van der Waals surface area contributed by atoms with Gasteiger partial charge in [-0.1, -0.05) is 19.3 Å². The largest absolute Gasteiger partial charge is 0.469 e. The van der Waals surface area contributed by atoms with Gasteiger partial charge in [0.2, 0.25) is 0 Å². The first-order chi connectivity index (χ1) is 8.29. The van der Waals surface area contributed by atoms with Crippen molar-refractivity contribution < 1.29 is 9.53 Å². The molecule has 3 nitrogen and oxygen atoms in total. The van der Waals surface area contributed by atoms with E-state index in [0.29, 0.717) is 12.5 Å². The molecular weight excluding hydrogens is 214 g/mol. The number of hydrogen-bond acceptors (Lipinski definition) is 3. The first-order valence-electron chi connectivity index (χ1n) is 7.10. The van der Waals surface area contributed by atoms with E-state index < -0.39 is 0 Å². The van der Waals surface area contributed by atoms with Crippen LogP contribution in [-0.2, 0) is 9.53 Å². The van der Waals surface area contributed by atoms with Gasteiger partial charge in [-0.05, 0) is 38.1 Å². The Kier molecular flexibility index (Phi) is 4.84. The second-order valence-electron chi connectivity index (χ2n) is 5.58. The van der Waals surface area contributed by atoms with E-state index in [-0.39, 0.29) is 5.97 Å². The van der Waals surface area contributed by atoms with Crippen molar-refractivity contribution in [2.45, 2.75) is 57.4 Å². The first-order valence-corrected chi connectivity index (χ1v) is 7.10. The van der Waals surface area contributed by atoms with Gasteiger partial charge < -0.3 is 4.74 Å². The highest BCUT2D eigenvalue weighted by Gasteiger charge is 2.27. The molecule has 98 valence electrons. The Morgan fingerprint density at radius 3 is 2.59 bits per heavy atom. The summed E-state index contributed by atoms with van der Waals surface area (Å²) >= 11 is 0. The smallest absolute Gasteiger partial charge is 0.307 e. The van der Waals surface area contributed by atoms with Crippen molar-refractivity contribution in [3.63, 3.8) is 0 Å². The number of ether oxygens (including phenoxy) is 1. The Bertz CT molecular complexity index is 249. The maximum absolute atomic E-state index is 11.4. The highest BCUT2D eigenvalue weighted by atomic mass is 16.5. The number of piperidine rings is 1. The monoisotopic (exact) mass is 239 g/mol. The van der Waals surface area contributed by atoms with E-state index in [0.717, 1.165) is 5.92 Å². The summed E-state index contributed by atoms with van der Waals surface area (Å²) in [5.74, 6) is 0.835. The molecule has 2 aliphatic rings. The Morgan fingerprint density at radius 1 is 1.18 bits per heavy atom. The van der Waals surface area contributed by atoms with Crippen LogP contribution in [0.4, 0.5) is 0 Å². The van der Waals surface area contributed by atoms with Gasteiger partial charge in [0, 0.05) is 12.6 Å². The number of nitrogens with zero attached hydrogens (tertiary/aromatic N) is 1. The second-order valence-corrected chi connectivity index (χ2v) is 5.58. The normalized spacial score (nSPS) is 27.2. The third kappa shape index (κ3) is 3.70. The van der Waals surface area contributed by atoms with E-state index in [4.69, 9.17) is 4.74 Å². The third-order valence-corrected chi connectivity index (χ3v) is 4.35. The summed E-state index contributed by atoms with van der Waals surface area (Å²) in [5.41, 5.74) is 0. The minimum absolute atomic E-state index is 0.0479. The highest BCUT2D eigenvalue weighted by Crippen LogP contribution is 2.28. The third-order valence-electron chi connectivity index (χ3n) is 4.35. The summed E-state index contributed by atoms with van der Waals surface area (Å²) in [5, 5.41) is 0. The number of esters is 1. The Labute approximate surface area is 105 Å². The van der Waals surface area contributed by atoms with Gasteiger partial charge in [0.1, 0.15) is 0 Å². The van der Waals surface area contributed by atoms with Crippen LogP contribution in [0, 0.1) is 5.92 Å². The molecule has 0 spiro atoms. The Balaban J connectivity index is 1.84. The van der Waals surface area contributed by atoms with Gasteiger partial charge in [-0.15, -0.1) is 0 Å². The fourth-order valence-corrected chi connectivity index (χ4v) is 3.33. The predicted octanol–water partition coefficient (Wildman–Crippen LogP) is 2.59. The molecule has 0 aromatic heterocycles. The fourth-order valence-electron chi connectivity index (χ4n) is 3.33. The summed E-state index contributed by atoms with van der Waals surface area (Å²) in [6, 6.07) is 0.441. The molecule has 2 fully saturated rings. The molecule has 2 rings (SSSR count). The fraction of sp³-hybridized carbons (Fsp3) is 0.929. The van der Waals surface area contributed by atoms with Gasteiger partial charge in [-0.3, -0.25) is 9.69 Å². The average molecular weight is 239 g/mol. The maximum Gasteiger partial charge on any atom is 0.307 e. The molecule has 1 aliphatic heterocycles. The van der Waals surface area contributed by atoms with Crippen molar-refractivity contribution in [2.75, 3.05) is 20.2 Å². The number of carbonyl (C=O) groups excluding carboxylic acids is 1. The van der Waals surface area contributed by atoms with Crippen LogP contribution >= 0.6 is 0 Å². The van der Waals surface area contributed by atoms with Crippen LogP contribution in [0.1, 0.15) is 51.4 Å². The van der Waals surface area contributed by atoms with Gasteiger partial charge >= 0.3 is 5.97 Å². The van der Waals surface area contributed by atoms with Gasteiger partial charge in [-0.2, -0.15) is 0 Å². The zero-order valence-electron chi connectivity index (χ0n) is 11.0. The molecule has 1 saturated carbocycles. The minimum atomic E-state index is -0.0479. The van der Waals surface area contributed by atoms with Gasteiger partial charge in [-0.25, -0.2) is 0 Å². The van der Waals surface area contributed by atoms with Crippen LogP contribution in [0.5, 0.6) is 0 Å². The van der Waals surface area contributed by atoms with Crippen LogP contribution in [0.3, 0.4) is 0 Å². The topological polar surface area (TPSA) is 29.5 Å². The SMILES string of the molecule is COC(=O)CC1CCCCN1CC1CCCC1. The molecule has 1 unspecified atom stereocenters. The van der Waals surface area contributed by atoms with Gasteiger partial charge in [0.05, 0.1) is 13.5 Å². The van der Waals surface area contributed by atoms with E-state index in [1.807, 2.05) is 0 Å². The summed E-state index contributed by atoms with van der Waals surface area (Å²) in [6.07, 6.45) is 9.90. The molecule has 3 heteroatoms. The van der Waals surface area contributed by atoms with E-state index in [2.05, 4.69) is 4.90 Å². The molecule has 1 heterocycles. The van der Waals surface area contributed by atoms with Gasteiger partial charge in [0.25, 0.3) is 0 Å². The lowest BCUT2D eigenvalue weighted by Crippen LogP contribution is -2.43. The van der Waals surface area contributed by atoms with E-state index >= 15 is 0 Å². The zero-order chi connectivity index (χ0) is 12.1. The van der Waals surface area contributed by atoms with E-state index in [1.165, 1.54) is 65.1 Å². The lowest BCUT2D eigenvalue weighted by Gasteiger charge is -2.36. The van der Waals surface area contributed by atoms with Crippen LogP contribution in [0.25, 0.3) is 0 Å². The molecule has 0 aromatic carbocycles. The first kappa shape index (κ1) is 12.9. The maximum atomic E-state index is 11.4. The number of hydrogen-bond donors (Lipinski definition) is 0. The van der Waals surface area contributed by atoms with Crippen molar-refractivity contribution in [2.24, 2.45) is 5.92 Å². The number of likely N-dealkylation sites (tertiary alicyclic amines) is 1. The van der Waals surface area contributed by atoms with E-state index in [1.54, 1.807) is 0 Å². The lowest BCUT2D eigenvalue weighted by atomic mass is 9.97. The van der Waals surface area contributed by atoms with Crippen molar-refractivity contribution in [1.29, 1.82) is 0 Å². The summed E-state index contributed by atoms with van der Waals surface area (Å²) in [6.45, 7) is 2.39.